The van der Waals surface area contributed by atoms with Gasteiger partial charge in [0.2, 0.25) is 0 Å². The van der Waals surface area contributed by atoms with Crippen molar-refractivity contribution in [3.05, 3.63) is 64.4 Å². The molecule has 0 fully saturated rings. The first kappa shape index (κ1) is 16.0. The number of hydrazine groups is 2. The molecule has 0 aliphatic carbocycles. The molecule has 0 spiro atoms. The lowest BCUT2D eigenvalue weighted by Gasteiger charge is -2.10. The minimum Gasteiger partial charge on any atom is -0.505 e. The summed E-state index contributed by atoms with van der Waals surface area (Å²) in [7, 11) is 1.63. The van der Waals surface area contributed by atoms with Gasteiger partial charge in [0, 0.05) is 30.3 Å². The molecule has 1 aromatic carbocycles. The molecule has 0 radical (unpaired) electrons. The highest BCUT2D eigenvalue weighted by atomic mass is 32.1. The quantitative estimate of drug-likeness (QED) is 0.568. The lowest BCUT2D eigenvalue weighted by atomic mass is 10.1. The lowest BCUT2D eigenvalue weighted by Crippen LogP contribution is -2.39. The fourth-order valence-electron chi connectivity index (χ4n) is 2.09. The predicted octanol–water partition coefficient (Wildman–Crippen LogP) is 1.96. The Labute approximate surface area is 142 Å². The molecule has 2 aromatic rings. The van der Waals surface area contributed by atoms with Gasteiger partial charge in [0.05, 0.1) is 12.8 Å². The number of methoxy groups -OCH3 is 1. The van der Waals surface area contributed by atoms with E-state index in [0.717, 1.165) is 23.1 Å². The van der Waals surface area contributed by atoms with E-state index in [4.69, 9.17) is 4.74 Å². The smallest absolute Gasteiger partial charge is 0.270 e. The number of ether oxygens (including phenoxy) is 1. The molecule has 7 nitrogen and oxygen atoms in total. The maximum absolute atomic E-state index is 11.9. The minimum atomic E-state index is -0.402. The second-order valence-corrected chi connectivity index (χ2v) is 5.84. The van der Waals surface area contributed by atoms with E-state index >= 15 is 0 Å². The Morgan fingerprint density at radius 1 is 1.42 bits per heavy atom. The highest BCUT2D eigenvalue weighted by Gasteiger charge is 2.14. The molecule has 8 heteroatoms. The molecule has 3 rings (SSSR count). The monoisotopic (exact) mass is 344 g/mol. The van der Waals surface area contributed by atoms with Crippen molar-refractivity contribution >= 4 is 23.0 Å². The predicted molar refractivity (Wildman–Crippen MR) is 90.8 cm³/mol. The zero-order valence-corrected chi connectivity index (χ0v) is 13.7. The van der Waals surface area contributed by atoms with Gasteiger partial charge in [0.15, 0.2) is 10.8 Å². The maximum atomic E-state index is 11.9. The number of nitrogens with one attached hydrogen (secondary N) is 2. The number of hydrogen-bond acceptors (Lipinski definition) is 7. The fourth-order valence-corrected chi connectivity index (χ4v) is 2.82. The van der Waals surface area contributed by atoms with Crippen LogP contribution < -0.4 is 15.7 Å². The van der Waals surface area contributed by atoms with E-state index in [9.17, 15) is 9.90 Å². The molecular weight excluding hydrogens is 328 g/mol. The molecule has 1 aliphatic heterocycles. The second-order valence-electron chi connectivity index (χ2n) is 4.98. The van der Waals surface area contributed by atoms with E-state index in [0.29, 0.717) is 11.4 Å². The maximum Gasteiger partial charge on any atom is 0.270 e. The fraction of sp³-hybridized carbons (Fsp3) is 0.125. The molecule has 0 unspecified atom stereocenters. The molecular formula is C16H16N4O3S. The molecule has 1 amide bonds. The van der Waals surface area contributed by atoms with Crippen LogP contribution in [0.25, 0.3) is 5.76 Å². The summed E-state index contributed by atoms with van der Waals surface area (Å²) in [4.78, 5) is 16.3. The van der Waals surface area contributed by atoms with Crippen LogP contribution in [0.3, 0.4) is 0 Å². The summed E-state index contributed by atoms with van der Waals surface area (Å²) >= 11 is 1.29. The Morgan fingerprint density at radius 3 is 2.88 bits per heavy atom. The standard InChI is InChI=1S/C16H16N4O3S/c1-23-13-4-2-11(3-5-13)8-12-10-24-16(18-12)14(21)9-15(22)20-7-6-17-19-20/h2-7,9-10,17,19,21H,8H2,1H3. The van der Waals surface area contributed by atoms with Gasteiger partial charge in [0.1, 0.15) is 5.75 Å². The van der Waals surface area contributed by atoms with Crippen LogP contribution in [0.1, 0.15) is 16.3 Å². The van der Waals surface area contributed by atoms with Gasteiger partial charge in [-0.15, -0.1) is 16.9 Å². The first-order valence-electron chi connectivity index (χ1n) is 7.15. The summed E-state index contributed by atoms with van der Waals surface area (Å²) in [6.07, 6.45) is 4.85. The van der Waals surface area contributed by atoms with E-state index in [-0.39, 0.29) is 5.76 Å². The number of thiazole rings is 1. The van der Waals surface area contributed by atoms with Crippen molar-refractivity contribution in [1.29, 1.82) is 0 Å². The van der Waals surface area contributed by atoms with Crippen molar-refractivity contribution in [2.75, 3.05) is 7.11 Å². The first-order valence-corrected chi connectivity index (χ1v) is 8.03. The third kappa shape index (κ3) is 3.73. The van der Waals surface area contributed by atoms with Crippen molar-refractivity contribution in [2.45, 2.75) is 6.42 Å². The Balaban J connectivity index is 1.67. The summed E-state index contributed by atoms with van der Waals surface area (Å²) in [5.74, 6) is 0.240. The molecule has 0 saturated carbocycles. The van der Waals surface area contributed by atoms with Gasteiger partial charge in [-0.1, -0.05) is 12.1 Å². The van der Waals surface area contributed by atoms with Crippen LogP contribution in [0, 0.1) is 0 Å². The van der Waals surface area contributed by atoms with Crippen molar-refractivity contribution in [3.8, 4) is 5.75 Å². The normalized spacial score (nSPS) is 13.9. The van der Waals surface area contributed by atoms with Crippen molar-refractivity contribution < 1.29 is 14.6 Å². The largest absolute Gasteiger partial charge is 0.505 e. The minimum absolute atomic E-state index is 0.159. The van der Waals surface area contributed by atoms with Crippen LogP contribution in [0.4, 0.5) is 0 Å². The summed E-state index contributed by atoms with van der Waals surface area (Å²) in [6, 6.07) is 7.72. The number of carbonyl (C=O) groups excluding carboxylic acids is 1. The van der Waals surface area contributed by atoms with Gasteiger partial charge in [-0.05, 0) is 17.7 Å². The summed E-state index contributed by atoms with van der Waals surface area (Å²) in [6.45, 7) is 0. The molecule has 0 saturated heterocycles. The second kappa shape index (κ2) is 7.16. The number of aliphatic hydroxyl groups is 1. The summed E-state index contributed by atoms with van der Waals surface area (Å²) in [5.41, 5.74) is 7.16. The SMILES string of the molecule is COc1ccc(Cc2csc(C(O)=CC(=O)N3C=CNN3)n2)cc1. The van der Waals surface area contributed by atoms with Crippen LogP contribution in [0.2, 0.25) is 0 Å². The molecule has 124 valence electrons. The van der Waals surface area contributed by atoms with Crippen LogP contribution in [-0.2, 0) is 11.2 Å². The van der Waals surface area contributed by atoms with E-state index in [1.54, 1.807) is 13.3 Å². The van der Waals surface area contributed by atoms with Gasteiger partial charge in [-0.2, -0.15) is 0 Å². The lowest BCUT2D eigenvalue weighted by molar-refractivity contribution is -0.125. The van der Waals surface area contributed by atoms with Crippen molar-refractivity contribution in [2.24, 2.45) is 0 Å². The molecule has 2 heterocycles. The van der Waals surface area contributed by atoms with Crippen molar-refractivity contribution in [3.63, 3.8) is 0 Å². The van der Waals surface area contributed by atoms with Crippen LogP contribution in [0.5, 0.6) is 5.75 Å². The van der Waals surface area contributed by atoms with Gasteiger partial charge >= 0.3 is 0 Å². The molecule has 1 aromatic heterocycles. The third-order valence-corrected chi connectivity index (χ3v) is 4.22. The molecule has 0 atom stereocenters. The zero-order valence-electron chi connectivity index (χ0n) is 12.9. The topological polar surface area (TPSA) is 86.7 Å². The first-order chi connectivity index (χ1) is 11.7. The zero-order chi connectivity index (χ0) is 16.9. The molecule has 0 bridgehead atoms. The van der Waals surface area contributed by atoms with Crippen molar-refractivity contribution in [1.82, 2.24) is 21.0 Å². The van der Waals surface area contributed by atoms with E-state index in [1.165, 1.54) is 22.5 Å². The number of aliphatic hydroxyl groups excluding tert-OH is 1. The number of benzene rings is 1. The Hall–Kier alpha value is -2.84. The number of aromatic nitrogens is 1. The average molecular weight is 344 g/mol. The number of rotatable bonds is 5. The Kier molecular flexibility index (Phi) is 4.78. The van der Waals surface area contributed by atoms with E-state index in [1.807, 2.05) is 29.6 Å². The Bertz CT molecular complexity index is 783. The summed E-state index contributed by atoms with van der Waals surface area (Å²) in [5, 5.41) is 13.6. The number of amides is 1. The van der Waals surface area contributed by atoms with Gasteiger partial charge in [0.25, 0.3) is 5.91 Å². The average Bonchev–Trinajstić information content (AvgIpc) is 3.27. The number of nitrogens with zero attached hydrogens (tertiary/aromatic N) is 2. The highest BCUT2D eigenvalue weighted by molar-refractivity contribution is 7.10. The summed E-state index contributed by atoms with van der Waals surface area (Å²) < 4.78 is 5.13. The Morgan fingerprint density at radius 2 is 2.21 bits per heavy atom. The molecule has 1 aliphatic rings. The van der Waals surface area contributed by atoms with Crippen LogP contribution in [0.15, 0.2) is 48.1 Å². The molecule has 3 N–H and O–H groups in total. The van der Waals surface area contributed by atoms with Gasteiger partial charge in [-0.25, -0.2) is 9.99 Å². The van der Waals surface area contributed by atoms with Gasteiger partial charge < -0.3 is 15.3 Å². The van der Waals surface area contributed by atoms with Crippen LogP contribution >= 0.6 is 11.3 Å². The van der Waals surface area contributed by atoms with E-state index in [2.05, 4.69) is 15.9 Å². The third-order valence-electron chi connectivity index (χ3n) is 3.30. The number of hydrogen-bond donors (Lipinski definition) is 3. The highest BCUT2D eigenvalue weighted by Crippen LogP contribution is 2.20. The number of carbonyl (C=O) groups is 1. The van der Waals surface area contributed by atoms with Gasteiger partial charge in [-0.3, -0.25) is 4.79 Å². The van der Waals surface area contributed by atoms with E-state index < -0.39 is 5.91 Å². The van der Waals surface area contributed by atoms with Crippen LogP contribution in [-0.4, -0.2) is 28.1 Å². The molecule has 24 heavy (non-hydrogen) atoms.